The highest BCUT2D eigenvalue weighted by atomic mass is 32.2. The van der Waals surface area contributed by atoms with Crippen molar-refractivity contribution >= 4 is 23.4 Å². The first-order chi connectivity index (χ1) is 16.0. The summed E-state index contributed by atoms with van der Waals surface area (Å²) < 4.78 is 18.5. The SMILES string of the molecule is C=CCn1c(SCC(=O)Nc2ccc(OC)cc2OC)nnc1C(C)Oc1ccccc1C. The molecule has 1 heterocycles. The number of aryl methyl sites for hydroxylation is 1. The van der Waals surface area contributed by atoms with Gasteiger partial charge < -0.3 is 19.5 Å². The molecule has 9 heteroatoms. The summed E-state index contributed by atoms with van der Waals surface area (Å²) in [6.07, 6.45) is 1.44. The van der Waals surface area contributed by atoms with Crippen molar-refractivity contribution in [1.29, 1.82) is 0 Å². The number of benzene rings is 2. The average molecular weight is 469 g/mol. The van der Waals surface area contributed by atoms with Crippen LogP contribution in [0.1, 0.15) is 24.4 Å². The third kappa shape index (κ3) is 6.07. The van der Waals surface area contributed by atoms with Gasteiger partial charge in [0.2, 0.25) is 5.91 Å². The molecule has 1 N–H and O–H groups in total. The van der Waals surface area contributed by atoms with Gasteiger partial charge in [-0.1, -0.05) is 36.0 Å². The molecule has 0 saturated carbocycles. The van der Waals surface area contributed by atoms with Crippen LogP contribution in [0, 0.1) is 6.92 Å². The number of aromatic nitrogens is 3. The number of methoxy groups -OCH3 is 2. The van der Waals surface area contributed by atoms with Crippen LogP contribution in [-0.2, 0) is 11.3 Å². The fraction of sp³-hybridized carbons (Fsp3) is 0.292. The number of hydrogen-bond donors (Lipinski definition) is 1. The van der Waals surface area contributed by atoms with Crippen molar-refractivity contribution in [3.05, 3.63) is 66.5 Å². The maximum Gasteiger partial charge on any atom is 0.234 e. The number of carbonyl (C=O) groups is 1. The molecule has 1 aromatic heterocycles. The lowest BCUT2D eigenvalue weighted by molar-refractivity contribution is -0.113. The van der Waals surface area contributed by atoms with E-state index in [4.69, 9.17) is 14.2 Å². The molecule has 33 heavy (non-hydrogen) atoms. The molecule has 2 aromatic carbocycles. The topological polar surface area (TPSA) is 87.5 Å². The maximum absolute atomic E-state index is 12.6. The van der Waals surface area contributed by atoms with Crippen LogP contribution in [0.3, 0.4) is 0 Å². The van der Waals surface area contributed by atoms with E-state index in [1.807, 2.05) is 42.7 Å². The molecule has 1 amide bonds. The molecule has 0 aliphatic heterocycles. The van der Waals surface area contributed by atoms with Gasteiger partial charge in [-0.25, -0.2) is 0 Å². The summed E-state index contributed by atoms with van der Waals surface area (Å²) in [7, 11) is 3.11. The molecule has 3 aromatic rings. The summed E-state index contributed by atoms with van der Waals surface area (Å²) in [5.74, 6) is 2.58. The molecule has 0 radical (unpaired) electrons. The zero-order valence-electron chi connectivity index (χ0n) is 19.2. The standard InChI is InChI=1S/C24H28N4O4S/c1-6-13-28-23(17(3)32-20-10-8-7-9-16(20)2)26-27-24(28)33-15-22(29)25-19-12-11-18(30-4)14-21(19)31-5/h6-12,14,17H,1,13,15H2,2-5H3,(H,25,29). The van der Waals surface area contributed by atoms with Gasteiger partial charge in [0, 0.05) is 12.6 Å². The monoisotopic (exact) mass is 468 g/mol. The van der Waals surface area contributed by atoms with Gasteiger partial charge in [-0.3, -0.25) is 9.36 Å². The average Bonchev–Trinajstić information content (AvgIpc) is 3.22. The Kier molecular flexibility index (Phi) is 8.37. The zero-order valence-corrected chi connectivity index (χ0v) is 20.0. The van der Waals surface area contributed by atoms with E-state index in [1.54, 1.807) is 38.5 Å². The zero-order chi connectivity index (χ0) is 23.8. The highest BCUT2D eigenvalue weighted by molar-refractivity contribution is 7.99. The van der Waals surface area contributed by atoms with Crippen LogP contribution in [0.4, 0.5) is 5.69 Å². The van der Waals surface area contributed by atoms with E-state index in [0.717, 1.165) is 11.3 Å². The van der Waals surface area contributed by atoms with Crippen LogP contribution in [-0.4, -0.2) is 40.6 Å². The second-order valence-corrected chi connectivity index (χ2v) is 8.11. The smallest absolute Gasteiger partial charge is 0.234 e. The lowest BCUT2D eigenvalue weighted by atomic mass is 10.2. The Morgan fingerprint density at radius 3 is 2.67 bits per heavy atom. The summed E-state index contributed by atoms with van der Waals surface area (Å²) >= 11 is 1.29. The summed E-state index contributed by atoms with van der Waals surface area (Å²) in [5, 5.41) is 12.1. The Labute approximate surface area is 198 Å². The second kappa shape index (κ2) is 11.4. The molecule has 0 fully saturated rings. The van der Waals surface area contributed by atoms with Crippen LogP contribution in [0.25, 0.3) is 0 Å². The van der Waals surface area contributed by atoms with Crippen LogP contribution in [0.2, 0.25) is 0 Å². The van der Waals surface area contributed by atoms with Gasteiger partial charge in [0.05, 0.1) is 25.7 Å². The molecule has 0 aliphatic carbocycles. The fourth-order valence-electron chi connectivity index (χ4n) is 3.16. The predicted octanol–water partition coefficient (Wildman–Crippen LogP) is 4.66. The minimum Gasteiger partial charge on any atom is -0.497 e. The number of allylic oxidation sites excluding steroid dienone is 1. The number of carbonyl (C=O) groups excluding carboxylic acids is 1. The minimum absolute atomic E-state index is 0.150. The van der Waals surface area contributed by atoms with E-state index >= 15 is 0 Å². The van der Waals surface area contributed by atoms with E-state index in [-0.39, 0.29) is 17.8 Å². The number of nitrogens with zero attached hydrogens (tertiary/aromatic N) is 3. The van der Waals surface area contributed by atoms with Crippen LogP contribution < -0.4 is 19.5 Å². The molecule has 0 saturated heterocycles. The van der Waals surface area contributed by atoms with Crippen molar-refractivity contribution in [2.75, 3.05) is 25.3 Å². The van der Waals surface area contributed by atoms with Gasteiger partial charge in [0.25, 0.3) is 0 Å². The first kappa shape index (κ1) is 24.2. The normalized spacial score (nSPS) is 11.5. The van der Waals surface area contributed by atoms with Gasteiger partial charge in [0.1, 0.15) is 17.2 Å². The Hall–Kier alpha value is -3.46. The molecular weight excluding hydrogens is 440 g/mol. The van der Waals surface area contributed by atoms with Crippen molar-refractivity contribution in [3.8, 4) is 17.2 Å². The van der Waals surface area contributed by atoms with Gasteiger partial charge in [-0.05, 0) is 37.6 Å². The fourth-order valence-corrected chi connectivity index (χ4v) is 3.91. The summed E-state index contributed by atoms with van der Waals surface area (Å²) in [5.41, 5.74) is 1.61. The van der Waals surface area contributed by atoms with Crippen LogP contribution in [0.5, 0.6) is 17.2 Å². The number of ether oxygens (including phenoxy) is 3. The highest BCUT2D eigenvalue weighted by Crippen LogP contribution is 2.30. The van der Waals surface area contributed by atoms with Crippen molar-refractivity contribution in [3.63, 3.8) is 0 Å². The van der Waals surface area contributed by atoms with E-state index in [9.17, 15) is 4.79 Å². The number of nitrogens with one attached hydrogen (secondary N) is 1. The summed E-state index contributed by atoms with van der Waals surface area (Å²) in [6, 6.07) is 13.0. The Balaban J connectivity index is 1.69. The first-order valence-electron chi connectivity index (χ1n) is 10.4. The number of rotatable bonds is 11. The van der Waals surface area contributed by atoms with Crippen molar-refractivity contribution < 1.29 is 19.0 Å². The van der Waals surface area contributed by atoms with E-state index in [2.05, 4.69) is 22.1 Å². The van der Waals surface area contributed by atoms with Crippen LogP contribution in [0.15, 0.2) is 60.3 Å². The third-order valence-electron chi connectivity index (χ3n) is 4.83. The number of amides is 1. The molecule has 174 valence electrons. The van der Waals surface area contributed by atoms with E-state index in [0.29, 0.717) is 34.7 Å². The quantitative estimate of drug-likeness (QED) is 0.323. The lowest BCUT2D eigenvalue weighted by Crippen LogP contribution is -2.16. The molecule has 8 nitrogen and oxygen atoms in total. The molecule has 1 unspecified atom stereocenters. The van der Waals surface area contributed by atoms with Crippen molar-refractivity contribution in [2.24, 2.45) is 0 Å². The highest BCUT2D eigenvalue weighted by Gasteiger charge is 2.20. The molecule has 0 spiro atoms. The van der Waals surface area contributed by atoms with Gasteiger partial charge in [-0.2, -0.15) is 0 Å². The van der Waals surface area contributed by atoms with Gasteiger partial charge >= 0.3 is 0 Å². The number of para-hydroxylation sites is 1. The maximum atomic E-state index is 12.6. The van der Waals surface area contributed by atoms with Gasteiger partial charge in [0.15, 0.2) is 17.1 Å². The Bertz CT molecular complexity index is 1120. The van der Waals surface area contributed by atoms with Crippen molar-refractivity contribution in [1.82, 2.24) is 14.8 Å². The van der Waals surface area contributed by atoms with E-state index in [1.165, 1.54) is 11.8 Å². The second-order valence-electron chi connectivity index (χ2n) is 7.17. The van der Waals surface area contributed by atoms with Crippen LogP contribution >= 0.6 is 11.8 Å². The third-order valence-corrected chi connectivity index (χ3v) is 5.80. The number of hydrogen-bond acceptors (Lipinski definition) is 7. The Morgan fingerprint density at radius 1 is 1.18 bits per heavy atom. The van der Waals surface area contributed by atoms with Crippen molar-refractivity contribution in [2.45, 2.75) is 31.7 Å². The lowest BCUT2D eigenvalue weighted by Gasteiger charge is -2.17. The number of thioether (sulfide) groups is 1. The molecule has 3 rings (SSSR count). The number of anilines is 1. The molecule has 0 bridgehead atoms. The summed E-state index contributed by atoms with van der Waals surface area (Å²) in [6.45, 7) is 8.25. The molecule has 1 atom stereocenters. The minimum atomic E-state index is -0.328. The van der Waals surface area contributed by atoms with E-state index < -0.39 is 0 Å². The molecular formula is C24H28N4O4S. The predicted molar refractivity (Wildman–Crippen MR) is 129 cm³/mol. The largest absolute Gasteiger partial charge is 0.497 e. The molecule has 0 aliphatic rings. The van der Waals surface area contributed by atoms with Gasteiger partial charge in [-0.15, -0.1) is 16.8 Å². The first-order valence-corrected chi connectivity index (χ1v) is 11.4. The summed E-state index contributed by atoms with van der Waals surface area (Å²) in [4.78, 5) is 12.6. The Morgan fingerprint density at radius 2 is 1.97 bits per heavy atom.